The zero-order valence-electron chi connectivity index (χ0n) is 20.5. The van der Waals surface area contributed by atoms with Gasteiger partial charge in [-0.3, -0.25) is 4.79 Å². The fraction of sp³-hybridized carbons (Fsp3) is 0.321. The van der Waals surface area contributed by atoms with Crippen molar-refractivity contribution in [3.8, 4) is 5.75 Å². The number of halogens is 3. The van der Waals surface area contributed by atoms with Crippen LogP contribution in [0.25, 0.3) is 0 Å². The van der Waals surface area contributed by atoms with Gasteiger partial charge in [-0.15, -0.1) is 0 Å². The van der Waals surface area contributed by atoms with Crippen LogP contribution in [0.1, 0.15) is 42.9 Å². The molecule has 0 saturated heterocycles. The van der Waals surface area contributed by atoms with E-state index in [1.54, 1.807) is 12.1 Å². The van der Waals surface area contributed by atoms with E-state index >= 15 is 0 Å². The average Bonchev–Trinajstić information content (AvgIpc) is 3.65. The van der Waals surface area contributed by atoms with Crippen LogP contribution >= 0.6 is 0 Å². The third-order valence-electron chi connectivity index (χ3n) is 6.19. The molecule has 0 heterocycles. The molecule has 0 N–H and O–H groups in total. The Morgan fingerprint density at radius 3 is 2.30 bits per heavy atom. The van der Waals surface area contributed by atoms with E-state index in [-0.39, 0.29) is 29.4 Å². The molecule has 4 rings (SSSR count). The highest BCUT2D eigenvalue weighted by atomic mass is 32.2. The molecule has 0 radical (unpaired) electrons. The van der Waals surface area contributed by atoms with Gasteiger partial charge in [0.2, 0.25) is 5.91 Å². The zero-order valence-corrected chi connectivity index (χ0v) is 21.3. The largest absolute Gasteiger partial charge is 0.416 e. The minimum absolute atomic E-state index is 0.0331. The summed E-state index contributed by atoms with van der Waals surface area (Å²) in [6.45, 7) is 5.02. The Hall–Kier alpha value is -3.33. The van der Waals surface area contributed by atoms with Crippen LogP contribution in [0.5, 0.6) is 5.75 Å². The SMILES string of the molecule is CC(C)CN(Cc1ccc(OS(=O)(=O)c2cccc(C(F)(F)F)c2)cc1)C(=O)C1C[C@H]1c1ccccc1. The quantitative estimate of drug-likeness (QED) is 0.306. The highest BCUT2D eigenvalue weighted by molar-refractivity contribution is 7.87. The van der Waals surface area contributed by atoms with E-state index in [0.717, 1.165) is 35.7 Å². The minimum Gasteiger partial charge on any atom is -0.379 e. The summed E-state index contributed by atoms with van der Waals surface area (Å²) < 4.78 is 69.0. The third kappa shape index (κ3) is 6.71. The number of alkyl halides is 3. The molecule has 37 heavy (non-hydrogen) atoms. The number of rotatable bonds is 9. The van der Waals surface area contributed by atoms with Crippen LogP contribution < -0.4 is 4.18 Å². The monoisotopic (exact) mass is 531 g/mol. The molecule has 5 nitrogen and oxygen atoms in total. The first-order valence-electron chi connectivity index (χ1n) is 12.0. The maximum Gasteiger partial charge on any atom is 0.416 e. The molecule has 1 aliphatic rings. The fourth-order valence-electron chi connectivity index (χ4n) is 4.32. The maximum atomic E-state index is 13.3. The van der Waals surface area contributed by atoms with Crippen LogP contribution in [0.2, 0.25) is 0 Å². The molecule has 0 bridgehead atoms. The van der Waals surface area contributed by atoms with Gasteiger partial charge in [-0.2, -0.15) is 21.6 Å². The molecule has 0 aliphatic heterocycles. The maximum absolute atomic E-state index is 13.3. The normalized spacial score (nSPS) is 17.5. The molecule has 3 aromatic carbocycles. The Bertz CT molecular complexity index is 1340. The lowest BCUT2D eigenvalue weighted by molar-refractivity contribution is -0.137. The van der Waals surface area contributed by atoms with Gasteiger partial charge in [-0.25, -0.2) is 0 Å². The van der Waals surface area contributed by atoms with Gasteiger partial charge in [-0.05, 0) is 59.7 Å². The Labute approximate surface area is 215 Å². The summed E-state index contributed by atoms with van der Waals surface area (Å²) >= 11 is 0. The second-order valence-corrected chi connectivity index (χ2v) is 11.2. The van der Waals surface area contributed by atoms with E-state index < -0.39 is 26.8 Å². The van der Waals surface area contributed by atoms with Gasteiger partial charge in [0.1, 0.15) is 10.6 Å². The minimum atomic E-state index is -4.67. The predicted molar refractivity (Wildman–Crippen MR) is 133 cm³/mol. The van der Waals surface area contributed by atoms with E-state index in [9.17, 15) is 26.4 Å². The van der Waals surface area contributed by atoms with Crippen molar-refractivity contribution >= 4 is 16.0 Å². The van der Waals surface area contributed by atoms with Crippen LogP contribution in [-0.2, 0) is 27.6 Å². The predicted octanol–water partition coefficient (Wildman–Crippen LogP) is 6.26. The van der Waals surface area contributed by atoms with Crippen molar-refractivity contribution in [3.05, 3.63) is 95.6 Å². The third-order valence-corrected chi connectivity index (χ3v) is 7.43. The van der Waals surface area contributed by atoms with Gasteiger partial charge >= 0.3 is 16.3 Å². The molecule has 1 saturated carbocycles. The van der Waals surface area contributed by atoms with Gasteiger partial charge in [0.15, 0.2) is 0 Å². The van der Waals surface area contributed by atoms with Crippen LogP contribution in [0, 0.1) is 11.8 Å². The first-order valence-corrected chi connectivity index (χ1v) is 13.4. The van der Waals surface area contributed by atoms with Crippen molar-refractivity contribution in [2.24, 2.45) is 11.8 Å². The van der Waals surface area contributed by atoms with E-state index in [1.165, 1.54) is 12.1 Å². The van der Waals surface area contributed by atoms with Crippen LogP contribution in [-0.4, -0.2) is 25.8 Å². The van der Waals surface area contributed by atoms with Crippen molar-refractivity contribution in [1.82, 2.24) is 4.90 Å². The molecular weight excluding hydrogens is 503 g/mol. The number of hydrogen-bond acceptors (Lipinski definition) is 4. The summed E-state index contributed by atoms with van der Waals surface area (Å²) in [5.74, 6) is 0.490. The number of carbonyl (C=O) groups excluding carboxylic acids is 1. The lowest BCUT2D eigenvalue weighted by atomic mass is 10.1. The fourth-order valence-corrected chi connectivity index (χ4v) is 5.30. The molecule has 9 heteroatoms. The summed E-state index contributed by atoms with van der Waals surface area (Å²) in [5, 5.41) is 0. The first kappa shape index (κ1) is 26.7. The van der Waals surface area contributed by atoms with Crippen molar-refractivity contribution in [3.63, 3.8) is 0 Å². The molecule has 196 valence electrons. The summed E-state index contributed by atoms with van der Waals surface area (Å²) in [7, 11) is -4.46. The second kappa shape index (κ2) is 10.6. The topological polar surface area (TPSA) is 63.7 Å². The van der Waals surface area contributed by atoms with Crippen molar-refractivity contribution in [2.45, 2.75) is 43.8 Å². The highest BCUT2D eigenvalue weighted by Crippen LogP contribution is 2.48. The molecule has 2 atom stereocenters. The van der Waals surface area contributed by atoms with Crippen molar-refractivity contribution in [2.75, 3.05) is 6.54 Å². The van der Waals surface area contributed by atoms with E-state index in [1.807, 2.05) is 49.1 Å². The zero-order chi connectivity index (χ0) is 26.8. The molecule has 0 aromatic heterocycles. The molecular formula is C28H28F3NO4S. The van der Waals surface area contributed by atoms with Gasteiger partial charge in [0, 0.05) is 19.0 Å². The number of amides is 1. The molecule has 3 aromatic rings. The molecule has 0 spiro atoms. The van der Waals surface area contributed by atoms with Gasteiger partial charge in [0.25, 0.3) is 0 Å². The number of nitrogens with zero attached hydrogens (tertiary/aromatic N) is 1. The number of carbonyl (C=O) groups is 1. The summed E-state index contributed by atoms with van der Waals surface area (Å²) in [4.78, 5) is 14.5. The average molecular weight is 532 g/mol. The Morgan fingerprint density at radius 2 is 1.68 bits per heavy atom. The van der Waals surface area contributed by atoms with Crippen LogP contribution in [0.3, 0.4) is 0 Å². The number of benzene rings is 3. The van der Waals surface area contributed by atoms with Gasteiger partial charge < -0.3 is 9.08 Å². The molecule has 1 fully saturated rings. The standard InChI is InChI=1S/C28H28F3NO4S/c1-19(2)17-32(27(33)26-16-25(26)21-7-4-3-5-8-21)18-20-11-13-23(14-12-20)36-37(34,35)24-10-6-9-22(15-24)28(29,30)31/h3-15,19,25-26H,16-18H2,1-2H3/t25-,26?/m0/s1. The van der Waals surface area contributed by atoms with E-state index in [0.29, 0.717) is 19.2 Å². The summed E-state index contributed by atoms with van der Waals surface area (Å²) in [5.41, 5.74) is 0.871. The molecule has 1 unspecified atom stereocenters. The van der Waals surface area contributed by atoms with Crippen molar-refractivity contribution < 1.29 is 30.6 Å². The Morgan fingerprint density at radius 1 is 1.00 bits per heavy atom. The highest BCUT2D eigenvalue weighted by Gasteiger charge is 2.45. The summed E-state index contributed by atoms with van der Waals surface area (Å²) in [6, 6.07) is 19.5. The molecule has 1 amide bonds. The first-order chi connectivity index (χ1) is 17.4. The van der Waals surface area contributed by atoms with Crippen LogP contribution in [0.4, 0.5) is 13.2 Å². The molecule has 1 aliphatic carbocycles. The Kier molecular flexibility index (Phi) is 7.64. The lowest BCUT2D eigenvalue weighted by Crippen LogP contribution is -2.35. The van der Waals surface area contributed by atoms with E-state index in [4.69, 9.17) is 4.18 Å². The van der Waals surface area contributed by atoms with Gasteiger partial charge in [0.05, 0.1) is 5.56 Å². The van der Waals surface area contributed by atoms with Crippen LogP contribution in [0.15, 0.2) is 83.8 Å². The van der Waals surface area contributed by atoms with Crippen molar-refractivity contribution in [1.29, 1.82) is 0 Å². The smallest absolute Gasteiger partial charge is 0.379 e. The van der Waals surface area contributed by atoms with E-state index in [2.05, 4.69) is 0 Å². The number of hydrogen-bond donors (Lipinski definition) is 0. The summed E-state index contributed by atoms with van der Waals surface area (Å²) in [6.07, 6.45) is -3.86. The Balaban J connectivity index is 1.44. The second-order valence-electron chi connectivity index (χ2n) is 9.68. The lowest BCUT2D eigenvalue weighted by Gasteiger charge is -2.25. The van der Waals surface area contributed by atoms with Gasteiger partial charge in [-0.1, -0.05) is 62.4 Å².